The Kier molecular flexibility index (Phi) is 11.9. The van der Waals surface area contributed by atoms with Crippen molar-refractivity contribution in [1.82, 2.24) is 14.4 Å². The van der Waals surface area contributed by atoms with Crippen molar-refractivity contribution < 1.29 is 0 Å². The SMILES string of the molecule is CCB1CCCCN1CCCCCB1CCCCN1C(C)CC1CCCN(C(C)(C)C)B1CC. The lowest BCUT2D eigenvalue weighted by Gasteiger charge is -2.48. The molecule has 0 radical (unpaired) electrons. The molecular weight excluding hydrogens is 411 g/mol. The van der Waals surface area contributed by atoms with Crippen LogP contribution in [-0.2, 0) is 0 Å². The van der Waals surface area contributed by atoms with Crippen LogP contribution < -0.4 is 0 Å². The van der Waals surface area contributed by atoms with Gasteiger partial charge in [-0.25, -0.2) is 0 Å². The lowest BCUT2D eigenvalue weighted by molar-refractivity contribution is 0.211. The van der Waals surface area contributed by atoms with Gasteiger partial charge in [-0.05, 0) is 90.9 Å². The Labute approximate surface area is 215 Å². The number of hydrogen-bond acceptors (Lipinski definition) is 3. The van der Waals surface area contributed by atoms with Crippen LogP contribution in [0.1, 0.15) is 106 Å². The molecule has 0 aromatic rings. The van der Waals surface area contributed by atoms with E-state index in [0.29, 0.717) is 5.54 Å². The summed E-state index contributed by atoms with van der Waals surface area (Å²) in [6.45, 7) is 22.5. The van der Waals surface area contributed by atoms with Crippen molar-refractivity contribution in [2.24, 2.45) is 0 Å². The van der Waals surface area contributed by atoms with Gasteiger partial charge in [0.15, 0.2) is 0 Å². The molecule has 34 heavy (non-hydrogen) atoms. The van der Waals surface area contributed by atoms with Gasteiger partial charge in [0.1, 0.15) is 0 Å². The minimum Gasteiger partial charge on any atom is -0.342 e. The van der Waals surface area contributed by atoms with Crippen molar-refractivity contribution in [2.75, 3.05) is 26.2 Å². The molecule has 2 atom stereocenters. The fraction of sp³-hybridized carbons (Fsp3) is 1.00. The van der Waals surface area contributed by atoms with Crippen LogP contribution >= 0.6 is 0 Å². The van der Waals surface area contributed by atoms with E-state index in [4.69, 9.17) is 0 Å². The van der Waals surface area contributed by atoms with Crippen LogP contribution in [0.4, 0.5) is 0 Å². The predicted octanol–water partition coefficient (Wildman–Crippen LogP) is 7.41. The molecule has 3 heterocycles. The summed E-state index contributed by atoms with van der Waals surface area (Å²) in [4.78, 5) is 8.62. The third-order valence-electron chi connectivity index (χ3n) is 9.78. The molecule has 0 bridgehead atoms. The summed E-state index contributed by atoms with van der Waals surface area (Å²) in [6, 6.07) is 0.753. The molecule has 0 spiro atoms. The predicted molar refractivity (Wildman–Crippen MR) is 157 cm³/mol. The Bertz CT molecular complexity index is 570. The number of unbranched alkanes of at least 4 members (excludes halogenated alkanes) is 2. The van der Waals surface area contributed by atoms with Crippen molar-refractivity contribution >= 4 is 20.5 Å². The van der Waals surface area contributed by atoms with Crippen molar-refractivity contribution in [2.45, 2.75) is 155 Å². The van der Waals surface area contributed by atoms with Gasteiger partial charge in [0.2, 0.25) is 20.5 Å². The van der Waals surface area contributed by atoms with Gasteiger partial charge in [-0.3, -0.25) is 0 Å². The fourth-order valence-electron chi connectivity index (χ4n) is 7.97. The van der Waals surface area contributed by atoms with Gasteiger partial charge >= 0.3 is 0 Å². The molecule has 194 valence electrons. The summed E-state index contributed by atoms with van der Waals surface area (Å²) in [5, 5.41) is 0. The summed E-state index contributed by atoms with van der Waals surface area (Å²) in [6.07, 6.45) is 21.3. The minimum atomic E-state index is 0.307. The summed E-state index contributed by atoms with van der Waals surface area (Å²) >= 11 is 0. The summed E-state index contributed by atoms with van der Waals surface area (Å²) in [5.41, 5.74) is 0.307. The van der Waals surface area contributed by atoms with Gasteiger partial charge < -0.3 is 14.4 Å². The lowest BCUT2D eigenvalue weighted by Crippen LogP contribution is -2.56. The zero-order valence-corrected chi connectivity index (χ0v) is 24.2. The maximum absolute atomic E-state index is 2.96. The van der Waals surface area contributed by atoms with Gasteiger partial charge in [0, 0.05) is 5.54 Å². The molecule has 2 unspecified atom stereocenters. The van der Waals surface area contributed by atoms with Crippen molar-refractivity contribution in [3.63, 3.8) is 0 Å². The highest BCUT2D eigenvalue weighted by molar-refractivity contribution is 6.58. The smallest absolute Gasteiger partial charge is 0.226 e. The Morgan fingerprint density at radius 3 is 2.26 bits per heavy atom. The average molecular weight is 469 g/mol. The molecular formula is C28H58B3N3. The van der Waals surface area contributed by atoms with Crippen LogP contribution in [0.5, 0.6) is 0 Å². The van der Waals surface area contributed by atoms with Gasteiger partial charge in [0.05, 0.1) is 0 Å². The highest BCUT2D eigenvalue weighted by Crippen LogP contribution is 2.37. The minimum absolute atomic E-state index is 0.307. The van der Waals surface area contributed by atoms with E-state index >= 15 is 0 Å². The quantitative estimate of drug-likeness (QED) is 0.231. The first kappa shape index (κ1) is 28.6. The monoisotopic (exact) mass is 469 g/mol. The van der Waals surface area contributed by atoms with E-state index in [1.165, 1.54) is 122 Å². The summed E-state index contributed by atoms with van der Waals surface area (Å²) < 4.78 is 0. The second-order valence-corrected chi connectivity index (χ2v) is 13.2. The van der Waals surface area contributed by atoms with Gasteiger partial charge in [-0.15, -0.1) is 0 Å². The molecule has 0 saturated carbocycles. The second-order valence-electron chi connectivity index (χ2n) is 13.2. The number of rotatable bonds is 11. The highest BCUT2D eigenvalue weighted by atomic mass is 15.1. The first-order chi connectivity index (χ1) is 16.3. The van der Waals surface area contributed by atoms with Gasteiger partial charge in [-0.1, -0.05) is 84.5 Å². The normalized spacial score (nSPS) is 25.2. The van der Waals surface area contributed by atoms with E-state index < -0.39 is 0 Å². The van der Waals surface area contributed by atoms with Crippen molar-refractivity contribution in [3.05, 3.63) is 0 Å². The van der Waals surface area contributed by atoms with Crippen LogP contribution in [0.15, 0.2) is 0 Å². The Balaban J connectivity index is 1.45. The molecule has 3 aliphatic rings. The highest BCUT2D eigenvalue weighted by Gasteiger charge is 2.40. The van der Waals surface area contributed by atoms with Gasteiger partial charge in [0.25, 0.3) is 0 Å². The van der Waals surface area contributed by atoms with Crippen LogP contribution in [0.2, 0.25) is 37.4 Å². The molecule has 0 aromatic carbocycles. The van der Waals surface area contributed by atoms with Crippen LogP contribution in [0.25, 0.3) is 0 Å². The third-order valence-corrected chi connectivity index (χ3v) is 9.78. The number of nitrogens with zero attached hydrogens (tertiary/aromatic N) is 3. The Morgan fingerprint density at radius 1 is 0.824 bits per heavy atom. The molecule has 3 nitrogen and oxygen atoms in total. The molecule has 3 fully saturated rings. The first-order valence-electron chi connectivity index (χ1n) is 15.6. The fourth-order valence-corrected chi connectivity index (χ4v) is 7.97. The zero-order valence-electron chi connectivity index (χ0n) is 24.2. The molecule has 6 heteroatoms. The van der Waals surface area contributed by atoms with Crippen molar-refractivity contribution in [1.29, 1.82) is 0 Å². The summed E-state index contributed by atoms with van der Waals surface area (Å²) in [7, 11) is 0. The standard InChI is InChI=1S/C28H58B3N3/c1-7-29-18-11-14-22-32(29)21-13-9-10-19-30-20-12-15-23-33(30)26(3)25-27-17-16-24-34(28(4,5)6)31(27)8-2/h26-27H,7-25H2,1-6H3. The largest absolute Gasteiger partial charge is 0.342 e. The van der Waals surface area contributed by atoms with E-state index in [1.807, 2.05) is 0 Å². The number of hydrogen-bond donors (Lipinski definition) is 0. The first-order valence-corrected chi connectivity index (χ1v) is 15.6. The molecule has 0 aromatic heterocycles. The van der Waals surface area contributed by atoms with Crippen LogP contribution in [0, 0.1) is 0 Å². The zero-order chi connectivity index (χ0) is 24.6. The maximum atomic E-state index is 2.96. The molecule has 3 aliphatic heterocycles. The van der Waals surface area contributed by atoms with E-state index in [2.05, 4.69) is 56.0 Å². The average Bonchev–Trinajstić information content (AvgIpc) is 2.83. The lowest BCUT2D eigenvalue weighted by atomic mass is 9.42. The Hall–Kier alpha value is 0.0748. The molecule has 3 saturated heterocycles. The molecule has 0 aliphatic carbocycles. The Morgan fingerprint density at radius 2 is 1.56 bits per heavy atom. The van der Waals surface area contributed by atoms with Gasteiger partial charge in [-0.2, -0.15) is 0 Å². The van der Waals surface area contributed by atoms with E-state index in [0.717, 1.165) is 32.4 Å². The van der Waals surface area contributed by atoms with E-state index in [-0.39, 0.29) is 0 Å². The molecule has 3 rings (SSSR count). The van der Waals surface area contributed by atoms with Crippen LogP contribution in [0.3, 0.4) is 0 Å². The molecule has 0 N–H and O–H groups in total. The van der Waals surface area contributed by atoms with Crippen molar-refractivity contribution in [3.8, 4) is 0 Å². The van der Waals surface area contributed by atoms with E-state index in [1.54, 1.807) is 0 Å². The third kappa shape index (κ3) is 8.04. The van der Waals surface area contributed by atoms with Crippen LogP contribution in [-0.4, -0.2) is 72.7 Å². The molecule has 0 amide bonds. The van der Waals surface area contributed by atoms with E-state index in [9.17, 15) is 0 Å². The maximum Gasteiger partial charge on any atom is 0.226 e. The topological polar surface area (TPSA) is 9.72 Å². The second kappa shape index (κ2) is 14.1. The summed E-state index contributed by atoms with van der Waals surface area (Å²) in [5.74, 6) is 0.881.